The number of hydrogen-bond donors (Lipinski definition) is 1. The molecule has 0 spiro atoms. The number of carboxylic acids is 1. The zero-order valence-corrected chi connectivity index (χ0v) is 16.5. The van der Waals surface area contributed by atoms with E-state index in [9.17, 15) is 9.59 Å². The Labute approximate surface area is 167 Å². The zero-order valence-electron chi connectivity index (χ0n) is 16.5. The number of aliphatic carboxylic acids is 1. The first-order valence-electron chi connectivity index (χ1n) is 10.4. The molecular weight excluding hydrogens is 352 g/mol. The number of benzene rings is 1. The van der Waals surface area contributed by atoms with E-state index in [4.69, 9.17) is 9.84 Å². The van der Waals surface area contributed by atoms with Crippen LogP contribution in [0.5, 0.6) is 0 Å². The largest absolute Gasteiger partial charge is 0.481 e. The molecule has 0 amide bonds. The van der Waals surface area contributed by atoms with E-state index in [1.54, 1.807) is 6.08 Å². The van der Waals surface area contributed by atoms with Crippen LogP contribution in [0.3, 0.4) is 0 Å². The molecule has 0 radical (unpaired) electrons. The quantitative estimate of drug-likeness (QED) is 0.355. The third kappa shape index (κ3) is 5.20. The summed E-state index contributed by atoms with van der Waals surface area (Å²) in [6.07, 6.45) is 13.4. The summed E-state index contributed by atoms with van der Waals surface area (Å²) in [5.74, 6) is -0.0455. The van der Waals surface area contributed by atoms with Crippen LogP contribution in [0.2, 0.25) is 0 Å². The number of rotatable bonds is 10. The molecule has 2 saturated heterocycles. The Hall–Kier alpha value is -2.20. The number of ether oxygens (including phenoxy) is 1. The van der Waals surface area contributed by atoms with Gasteiger partial charge in [0.15, 0.2) is 5.78 Å². The van der Waals surface area contributed by atoms with Crippen molar-refractivity contribution >= 4 is 11.8 Å². The molecule has 28 heavy (non-hydrogen) atoms. The normalized spacial score (nSPS) is 27.6. The van der Waals surface area contributed by atoms with Crippen molar-refractivity contribution in [2.45, 2.75) is 63.6 Å². The molecule has 150 valence electrons. The summed E-state index contributed by atoms with van der Waals surface area (Å²) in [5, 5.41) is 8.69. The summed E-state index contributed by atoms with van der Waals surface area (Å²) in [6.45, 7) is 1.96. The molecule has 0 saturated carbocycles. The van der Waals surface area contributed by atoms with E-state index in [0.29, 0.717) is 12.3 Å². The fraction of sp³-hybridized carbons (Fsp3) is 0.500. The summed E-state index contributed by atoms with van der Waals surface area (Å²) in [7, 11) is 0. The third-order valence-electron chi connectivity index (χ3n) is 6.03. The molecule has 0 aliphatic carbocycles. The molecule has 4 heteroatoms. The number of carbonyl (C=O) groups excluding carboxylic acids is 1. The van der Waals surface area contributed by atoms with Crippen LogP contribution in [0.15, 0.2) is 54.6 Å². The van der Waals surface area contributed by atoms with Gasteiger partial charge < -0.3 is 9.84 Å². The zero-order chi connectivity index (χ0) is 19.9. The number of carbonyl (C=O) groups is 2. The predicted molar refractivity (Wildman–Crippen MR) is 109 cm³/mol. The van der Waals surface area contributed by atoms with Gasteiger partial charge in [0.25, 0.3) is 0 Å². The van der Waals surface area contributed by atoms with Gasteiger partial charge in [-0.2, -0.15) is 0 Å². The summed E-state index contributed by atoms with van der Waals surface area (Å²) < 4.78 is 6.11. The Morgan fingerprint density at radius 3 is 2.68 bits per heavy atom. The molecule has 2 aliphatic heterocycles. The van der Waals surface area contributed by atoms with Gasteiger partial charge in [-0.1, -0.05) is 55.5 Å². The van der Waals surface area contributed by atoms with Gasteiger partial charge >= 0.3 is 5.97 Å². The number of ketones is 1. The fourth-order valence-electron chi connectivity index (χ4n) is 4.39. The average molecular weight is 383 g/mol. The van der Waals surface area contributed by atoms with Crippen LogP contribution < -0.4 is 0 Å². The Morgan fingerprint density at radius 1 is 1.18 bits per heavy atom. The van der Waals surface area contributed by atoms with E-state index in [-0.39, 0.29) is 36.2 Å². The Balaban J connectivity index is 1.55. The molecule has 1 aromatic rings. The van der Waals surface area contributed by atoms with Gasteiger partial charge in [0.2, 0.25) is 0 Å². The maximum absolute atomic E-state index is 12.6. The highest BCUT2D eigenvalue weighted by Crippen LogP contribution is 2.45. The number of allylic oxidation sites excluding steroid dienone is 3. The van der Waals surface area contributed by atoms with Crippen molar-refractivity contribution < 1.29 is 19.4 Å². The van der Waals surface area contributed by atoms with Crippen LogP contribution in [0.4, 0.5) is 0 Å². The first-order valence-corrected chi connectivity index (χ1v) is 10.4. The van der Waals surface area contributed by atoms with Gasteiger partial charge in [0, 0.05) is 18.3 Å². The predicted octanol–water partition coefficient (Wildman–Crippen LogP) is 4.91. The lowest BCUT2D eigenvalue weighted by Crippen LogP contribution is -2.25. The average Bonchev–Trinajstić information content (AvgIpc) is 3.30. The van der Waals surface area contributed by atoms with Crippen molar-refractivity contribution in [2.75, 3.05) is 0 Å². The monoisotopic (exact) mass is 382 g/mol. The van der Waals surface area contributed by atoms with E-state index in [1.165, 1.54) is 0 Å². The number of hydrogen-bond acceptors (Lipinski definition) is 3. The van der Waals surface area contributed by atoms with Crippen molar-refractivity contribution in [2.24, 2.45) is 11.8 Å². The van der Waals surface area contributed by atoms with E-state index >= 15 is 0 Å². The van der Waals surface area contributed by atoms with Gasteiger partial charge in [-0.25, -0.2) is 0 Å². The van der Waals surface area contributed by atoms with Crippen molar-refractivity contribution in [3.63, 3.8) is 0 Å². The van der Waals surface area contributed by atoms with Gasteiger partial charge in [0.1, 0.15) is 0 Å². The highest BCUT2D eigenvalue weighted by atomic mass is 16.5. The topological polar surface area (TPSA) is 63.6 Å². The lowest BCUT2D eigenvalue weighted by atomic mass is 9.77. The van der Waals surface area contributed by atoms with Crippen LogP contribution in [0.25, 0.3) is 0 Å². The second-order valence-electron chi connectivity index (χ2n) is 7.92. The second-order valence-corrected chi connectivity index (χ2v) is 7.92. The highest BCUT2D eigenvalue weighted by molar-refractivity contribution is 5.95. The van der Waals surface area contributed by atoms with Gasteiger partial charge in [-0.3, -0.25) is 9.59 Å². The first-order chi connectivity index (χ1) is 13.6. The third-order valence-corrected chi connectivity index (χ3v) is 6.03. The summed E-state index contributed by atoms with van der Waals surface area (Å²) in [5.41, 5.74) is 1.04. The minimum Gasteiger partial charge on any atom is -0.481 e. The van der Waals surface area contributed by atoms with Crippen LogP contribution in [0.1, 0.15) is 56.9 Å². The fourth-order valence-corrected chi connectivity index (χ4v) is 4.39. The molecule has 2 fully saturated rings. The smallest absolute Gasteiger partial charge is 0.303 e. The molecule has 5 atom stereocenters. The number of fused-ring (bicyclic) bond motifs is 2. The number of unbranched alkanes of at least 4 members (excludes halogenated alkanes) is 1. The Kier molecular flexibility index (Phi) is 7.21. The molecule has 1 unspecified atom stereocenters. The Morgan fingerprint density at radius 2 is 1.93 bits per heavy atom. The van der Waals surface area contributed by atoms with Gasteiger partial charge in [-0.05, 0) is 49.7 Å². The maximum atomic E-state index is 12.6. The molecule has 2 heterocycles. The molecule has 0 aromatic heterocycles. The van der Waals surface area contributed by atoms with Crippen LogP contribution in [-0.2, 0) is 14.3 Å². The minimum absolute atomic E-state index is 0.135. The second kappa shape index (κ2) is 9.83. The molecule has 2 bridgehead atoms. The molecule has 1 N–H and O–H groups in total. The number of carboxylic acid groups (broad SMARTS) is 1. The van der Waals surface area contributed by atoms with Gasteiger partial charge in [-0.15, -0.1) is 0 Å². The summed E-state index contributed by atoms with van der Waals surface area (Å²) in [4.78, 5) is 23.2. The first kappa shape index (κ1) is 20.5. The Bertz CT molecular complexity index is 721. The van der Waals surface area contributed by atoms with Crippen LogP contribution in [0, 0.1) is 11.8 Å². The lowest BCUT2D eigenvalue weighted by molar-refractivity contribution is -0.137. The highest BCUT2D eigenvalue weighted by Gasteiger charge is 2.46. The lowest BCUT2D eigenvalue weighted by Gasteiger charge is -2.24. The SMILES string of the molecule is CC(C(=O)/C=C/[C@@H]1[C@H](C/C=C\CCCC(=O)O)[C@@H]2CC[C@H]1O2)c1ccccc1. The van der Waals surface area contributed by atoms with Crippen molar-refractivity contribution in [3.8, 4) is 0 Å². The minimum atomic E-state index is -0.741. The molecule has 3 rings (SSSR count). The molecular formula is C24H30O4. The summed E-state index contributed by atoms with van der Waals surface area (Å²) in [6, 6.07) is 9.88. The standard InChI is InChI=1S/C24H30O4/c1-17(18-9-5-4-6-10-18)21(25)14-13-20-19(22-15-16-23(20)28-22)11-7-2-3-8-12-24(26)27/h2,4-7,9-10,13-14,17,19-20,22-23H,3,8,11-12,15-16H2,1H3,(H,26,27)/b7-2-,14-13+/t17?,19-,20+,22-,23+/m0/s1. The summed E-state index contributed by atoms with van der Waals surface area (Å²) >= 11 is 0. The molecule has 1 aromatic carbocycles. The maximum Gasteiger partial charge on any atom is 0.303 e. The van der Waals surface area contributed by atoms with Crippen molar-refractivity contribution in [1.82, 2.24) is 0 Å². The van der Waals surface area contributed by atoms with E-state index < -0.39 is 5.97 Å². The molecule has 2 aliphatic rings. The van der Waals surface area contributed by atoms with Crippen LogP contribution >= 0.6 is 0 Å². The van der Waals surface area contributed by atoms with E-state index in [2.05, 4.69) is 18.2 Å². The van der Waals surface area contributed by atoms with Crippen molar-refractivity contribution in [3.05, 3.63) is 60.2 Å². The van der Waals surface area contributed by atoms with Crippen molar-refractivity contribution in [1.29, 1.82) is 0 Å². The van der Waals surface area contributed by atoms with E-state index in [0.717, 1.165) is 31.2 Å². The van der Waals surface area contributed by atoms with Gasteiger partial charge in [0.05, 0.1) is 12.2 Å². The molecule has 4 nitrogen and oxygen atoms in total. The van der Waals surface area contributed by atoms with E-state index in [1.807, 2.05) is 37.3 Å². The van der Waals surface area contributed by atoms with Crippen LogP contribution in [-0.4, -0.2) is 29.1 Å².